The molecule has 0 atom stereocenters. The zero-order valence-electron chi connectivity index (χ0n) is 17.3. The third kappa shape index (κ3) is 4.83. The normalized spacial score (nSPS) is 11.4. The van der Waals surface area contributed by atoms with Crippen LogP contribution >= 0.6 is 11.6 Å². The van der Waals surface area contributed by atoms with Crippen LogP contribution in [-0.4, -0.2) is 22.5 Å². The second-order valence-electron chi connectivity index (χ2n) is 7.19. The highest BCUT2D eigenvalue weighted by Crippen LogP contribution is 2.23. The van der Waals surface area contributed by atoms with Crippen LogP contribution in [0.5, 0.6) is 0 Å². The maximum atomic E-state index is 12.6. The van der Waals surface area contributed by atoms with E-state index in [4.69, 9.17) is 11.6 Å². The number of amides is 2. The summed E-state index contributed by atoms with van der Waals surface area (Å²) in [5.74, 6) is -0.608. The molecule has 154 valence electrons. The van der Waals surface area contributed by atoms with E-state index in [-0.39, 0.29) is 18.2 Å². The number of anilines is 1. The lowest BCUT2D eigenvalue weighted by molar-refractivity contribution is -0.115. The lowest BCUT2D eigenvalue weighted by Crippen LogP contribution is -2.22. The first kappa shape index (κ1) is 21.5. The number of fused-ring (bicyclic) bond motifs is 1. The average Bonchev–Trinajstić information content (AvgIpc) is 2.70. The minimum Gasteiger partial charge on any atom is -0.325 e. The van der Waals surface area contributed by atoms with Crippen molar-refractivity contribution in [3.05, 3.63) is 69.9 Å². The van der Waals surface area contributed by atoms with Crippen molar-refractivity contribution in [1.29, 1.82) is 0 Å². The van der Waals surface area contributed by atoms with Crippen LogP contribution in [0.4, 0.5) is 5.69 Å². The summed E-state index contributed by atoms with van der Waals surface area (Å²) < 4.78 is 0. The van der Waals surface area contributed by atoms with E-state index in [1.165, 1.54) is 0 Å². The van der Waals surface area contributed by atoms with Gasteiger partial charge in [0.05, 0.1) is 23.2 Å². The Morgan fingerprint density at radius 2 is 1.83 bits per heavy atom. The van der Waals surface area contributed by atoms with Crippen molar-refractivity contribution >= 4 is 45.7 Å². The van der Waals surface area contributed by atoms with Crippen molar-refractivity contribution in [2.45, 2.75) is 34.1 Å². The van der Waals surface area contributed by atoms with E-state index in [0.29, 0.717) is 27.7 Å². The van der Waals surface area contributed by atoms with Crippen LogP contribution in [-0.2, 0) is 4.79 Å². The minimum atomic E-state index is -0.367. The predicted octanol–water partition coefficient (Wildman–Crippen LogP) is 4.95. The third-order valence-electron chi connectivity index (χ3n) is 4.79. The zero-order chi connectivity index (χ0) is 21.8. The van der Waals surface area contributed by atoms with Gasteiger partial charge in [-0.15, -0.1) is 0 Å². The van der Waals surface area contributed by atoms with Crippen molar-refractivity contribution in [3.8, 4) is 0 Å². The highest BCUT2D eigenvalue weighted by Gasteiger charge is 2.13. The van der Waals surface area contributed by atoms with Gasteiger partial charge in [0.25, 0.3) is 5.91 Å². The summed E-state index contributed by atoms with van der Waals surface area (Å²) in [4.78, 5) is 29.4. The largest absolute Gasteiger partial charge is 0.325 e. The van der Waals surface area contributed by atoms with Gasteiger partial charge >= 0.3 is 0 Å². The highest BCUT2D eigenvalue weighted by atomic mass is 35.5. The first-order valence-corrected chi connectivity index (χ1v) is 9.89. The molecule has 7 heteroatoms. The summed E-state index contributed by atoms with van der Waals surface area (Å²) in [6, 6.07) is 13.0. The maximum Gasteiger partial charge on any atom is 0.273 e. The molecular weight excluding hydrogens is 400 g/mol. The van der Waals surface area contributed by atoms with E-state index < -0.39 is 0 Å². The lowest BCUT2D eigenvalue weighted by Gasteiger charge is -2.10. The van der Waals surface area contributed by atoms with Gasteiger partial charge in [0, 0.05) is 21.8 Å². The lowest BCUT2D eigenvalue weighted by atomic mass is 10.1. The quantitative estimate of drug-likeness (QED) is 0.450. The molecule has 0 radical (unpaired) electrons. The van der Waals surface area contributed by atoms with Crippen LogP contribution in [0.15, 0.2) is 47.6 Å². The molecule has 2 N–H and O–H groups in total. The maximum absolute atomic E-state index is 12.6. The number of hydrogen-bond acceptors (Lipinski definition) is 4. The first-order valence-electron chi connectivity index (χ1n) is 9.51. The number of benzene rings is 2. The van der Waals surface area contributed by atoms with Crippen LogP contribution in [0.1, 0.15) is 40.5 Å². The van der Waals surface area contributed by atoms with E-state index in [1.807, 2.05) is 32.0 Å². The molecule has 0 aliphatic heterocycles. The number of carbonyl (C=O) groups excluding carboxylic acids is 2. The first-order chi connectivity index (χ1) is 14.3. The Morgan fingerprint density at radius 1 is 1.10 bits per heavy atom. The summed E-state index contributed by atoms with van der Waals surface area (Å²) in [7, 11) is 0. The van der Waals surface area contributed by atoms with Crippen molar-refractivity contribution in [3.63, 3.8) is 0 Å². The van der Waals surface area contributed by atoms with Gasteiger partial charge in [0.15, 0.2) is 0 Å². The second-order valence-corrected chi connectivity index (χ2v) is 7.60. The smallest absolute Gasteiger partial charge is 0.273 e. The Hall–Kier alpha value is -3.25. The molecule has 0 aliphatic rings. The number of aryl methyl sites for hydroxylation is 2. The molecular formula is C23H23ClN4O2. The van der Waals surface area contributed by atoms with Gasteiger partial charge in [-0.25, -0.2) is 5.43 Å². The molecule has 3 rings (SSSR count). The summed E-state index contributed by atoms with van der Waals surface area (Å²) >= 11 is 6.08. The Bertz CT molecular complexity index is 1170. The number of hydrogen-bond donors (Lipinski definition) is 2. The third-order valence-corrected chi connectivity index (χ3v) is 5.20. The van der Waals surface area contributed by atoms with Gasteiger partial charge < -0.3 is 5.32 Å². The highest BCUT2D eigenvalue weighted by molar-refractivity contribution is 6.31. The number of para-hydroxylation sites is 1. The van der Waals surface area contributed by atoms with Crippen LogP contribution in [0.3, 0.4) is 0 Å². The van der Waals surface area contributed by atoms with Crippen LogP contribution in [0, 0.1) is 20.8 Å². The molecule has 0 saturated heterocycles. The second kappa shape index (κ2) is 9.05. The zero-order valence-corrected chi connectivity index (χ0v) is 18.1. The van der Waals surface area contributed by atoms with Crippen molar-refractivity contribution < 1.29 is 9.59 Å². The molecule has 0 bridgehead atoms. The van der Waals surface area contributed by atoms with Crippen LogP contribution in [0.2, 0.25) is 5.02 Å². The van der Waals surface area contributed by atoms with Gasteiger partial charge in [-0.05, 0) is 57.0 Å². The van der Waals surface area contributed by atoms with Gasteiger partial charge in [-0.2, -0.15) is 5.10 Å². The number of nitrogens with one attached hydrogen (secondary N) is 2. The Balaban J connectivity index is 1.67. The molecule has 6 nitrogen and oxygen atoms in total. The van der Waals surface area contributed by atoms with E-state index in [0.717, 1.165) is 22.0 Å². The molecule has 2 amide bonds. The molecule has 0 unspecified atom stereocenters. The fourth-order valence-electron chi connectivity index (χ4n) is 3.08. The molecule has 2 aromatic carbocycles. The Morgan fingerprint density at radius 3 is 2.60 bits per heavy atom. The number of rotatable bonds is 5. The summed E-state index contributed by atoms with van der Waals surface area (Å²) in [5, 5.41) is 8.35. The molecule has 3 aromatic rings. The minimum absolute atomic E-state index is 0.0420. The van der Waals surface area contributed by atoms with E-state index in [9.17, 15) is 9.59 Å². The summed E-state index contributed by atoms with van der Waals surface area (Å²) in [6.07, 6.45) is 0.0420. The fraction of sp³-hybridized carbons (Fsp3) is 0.217. The number of nitrogens with zero attached hydrogens (tertiary/aromatic N) is 2. The molecule has 0 saturated carbocycles. The molecule has 0 spiro atoms. The van der Waals surface area contributed by atoms with Crippen molar-refractivity contribution in [1.82, 2.24) is 10.4 Å². The monoisotopic (exact) mass is 422 g/mol. The molecule has 1 heterocycles. The Labute approximate surface area is 180 Å². The summed E-state index contributed by atoms with van der Waals surface area (Å²) in [6.45, 7) is 7.29. The number of carbonyl (C=O) groups is 2. The van der Waals surface area contributed by atoms with E-state index >= 15 is 0 Å². The van der Waals surface area contributed by atoms with Gasteiger partial charge in [-0.3, -0.25) is 14.6 Å². The standard InChI is InChI=1S/C23H23ClN4O2/c1-13-7-5-8-17-12-18(16(4)25-22(13)17)23(30)28-27-14(2)11-21(29)26-20-10-6-9-19(24)15(20)3/h5-10,12H,11H2,1-4H3,(H,26,29)(H,28,30). The number of pyridine rings is 1. The topological polar surface area (TPSA) is 83.5 Å². The molecule has 0 aliphatic carbocycles. The van der Waals surface area contributed by atoms with E-state index in [2.05, 4.69) is 20.8 Å². The van der Waals surface area contributed by atoms with Crippen molar-refractivity contribution in [2.24, 2.45) is 5.10 Å². The number of hydrazone groups is 1. The molecule has 1 aromatic heterocycles. The predicted molar refractivity (Wildman–Crippen MR) is 121 cm³/mol. The van der Waals surface area contributed by atoms with Gasteiger partial charge in [-0.1, -0.05) is 35.9 Å². The number of aromatic nitrogens is 1. The fourth-order valence-corrected chi connectivity index (χ4v) is 3.26. The van der Waals surface area contributed by atoms with Gasteiger partial charge in [0.1, 0.15) is 0 Å². The van der Waals surface area contributed by atoms with E-state index in [1.54, 1.807) is 38.1 Å². The molecule has 30 heavy (non-hydrogen) atoms. The van der Waals surface area contributed by atoms with Crippen LogP contribution in [0.25, 0.3) is 10.9 Å². The van der Waals surface area contributed by atoms with Gasteiger partial charge in [0.2, 0.25) is 5.91 Å². The number of halogens is 1. The van der Waals surface area contributed by atoms with Crippen molar-refractivity contribution in [2.75, 3.05) is 5.32 Å². The SMILES string of the molecule is CC(CC(=O)Nc1cccc(Cl)c1C)=NNC(=O)c1cc2cccc(C)c2nc1C. The summed E-state index contributed by atoms with van der Waals surface area (Å²) in [5.41, 5.74) is 7.43. The van der Waals surface area contributed by atoms with Crippen LogP contribution < -0.4 is 10.7 Å². The average molecular weight is 423 g/mol. The Kier molecular flexibility index (Phi) is 6.47. The molecule has 0 fully saturated rings.